The van der Waals surface area contributed by atoms with Crippen molar-refractivity contribution in [1.82, 2.24) is 20.2 Å². The summed E-state index contributed by atoms with van der Waals surface area (Å²) in [7, 11) is 1.94. The SMILES string of the molecule is CC(NCc1nccn1C)C(=O)NC1CC1. The quantitative estimate of drug-likeness (QED) is 0.747. The lowest BCUT2D eigenvalue weighted by Gasteiger charge is -2.13. The minimum atomic E-state index is -0.169. The largest absolute Gasteiger partial charge is 0.352 e. The number of nitrogens with one attached hydrogen (secondary N) is 2. The molecular formula is C11H18N4O. The monoisotopic (exact) mass is 222 g/mol. The van der Waals surface area contributed by atoms with Crippen molar-refractivity contribution in [2.24, 2.45) is 7.05 Å². The van der Waals surface area contributed by atoms with E-state index < -0.39 is 0 Å². The summed E-state index contributed by atoms with van der Waals surface area (Å²) >= 11 is 0. The molecule has 1 aliphatic rings. The van der Waals surface area contributed by atoms with E-state index in [-0.39, 0.29) is 11.9 Å². The Balaban J connectivity index is 1.76. The molecule has 1 fully saturated rings. The molecular weight excluding hydrogens is 204 g/mol. The highest BCUT2D eigenvalue weighted by Crippen LogP contribution is 2.18. The first-order valence-corrected chi connectivity index (χ1v) is 5.67. The normalized spacial score (nSPS) is 17.1. The van der Waals surface area contributed by atoms with Crippen molar-refractivity contribution < 1.29 is 4.79 Å². The summed E-state index contributed by atoms with van der Waals surface area (Å²) in [4.78, 5) is 15.8. The van der Waals surface area contributed by atoms with E-state index in [1.807, 2.05) is 24.7 Å². The number of imidazole rings is 1. The zero-order chi connectivity index (χ0) is 11.5. The number of aromatic nitrogens is 2. The molecule has 1 amide bonds. The molecule has 1 unspecified atom stereocenters. The second-order valence-electron chi connectivity index (χ2n) is 4.34. The zero-order valence-electron chi connectivity index (χ0n) is 9.73. The molecule has 5 heteroatoms. The molecule has 0 aromatic carbocycles. The molecule has 1 aromatic rings. The van der Waals surface area contributed by atoms with E-state index >= 15 is 0 Å². The van der Waals surface area contributed by atoms with Crippen molar-refractivity contribution in [2.45, 2.75) is 38.4 Å². The molecule has 1 aromatic heterocycles. The number of carbonyl (C=O) groups is 1. The minimum Gasteiger partial charge on any atom is -0.352 e. The van der Waals surface area contributed by atoms with E-state index in [2.05, 4.69) is 15.6 Å². The Morgan fingerprint density at radius 3 is 3.00 bits per heavy atom. The Bertz CT molecular complexity index is 370. The predicted octanol–water partition coefficient (Wildman–Crippen LogP) is 0.177. The van der Waals surface area contributed by atoms with Crippen LogP contribution < -0.4 is 10.6 Å². The number of hydrogen-bond donors (Lipinski definition) is 2. The van der Waals surface area contributed by atoms with Crippen molar-refractivity contribution in [3.05, 3.63) is 18.2 Å². The summed E-state index contributed by atoms with van der Waals surface area (Å²) in [6.45, 7) is 2.49. The van der Waals surface area contributed by atoms with E-state index in [1.165, 1.54) is 0 Å². The highest BCUT2D eigenvalue weighted by atomic mass is 16.2. The molecule has 0 saturated heterocycles. The van der Waals surface area contributed by atoms with Crippen LogP contribution in [0.4, 0.5) is 0 Å². The summed E-state index contributed by atoms with van der Waals surface area (Å²) in [5.41, 5.74) is 0. The number of rotatable bonds is 5. The van der Waals surface area contributed by atoms with Crippen molar-refractivity contribution in [3.8, 4) is 0 Å². The third-order valence-electron chi connectivity index (χ3n) is 2.80. The highest BCUT2D eigenvalue weighted by molar-refractivity contribution is 5.81. The molecule has 5 nitrogen and oxygen atoms in total. The maximum absolute atomic E-state index is 11.6. The van der Waals surface area contributed by atoms with Gasteiger partial charge in [-0.2, -0.15) is 0 Å². The van der Waals surface area contributed by atoms with Crippen molar-refractivity contribution in [3.63, 3.8) is 0 Å². The van der Waals surface area contributed by atoms with Crippen LogP contribution >= 0.6 is 0 Å². The second kappa shape index (κ2) is 4.65. The van der Waals surface area contributed by atoms with Crippen molar-refractivity contribution in [1.29, 1.82) is 0 Å². The fraction of sp³-hybridized carbons (Fsp3) is 0.636. The number of carbonyl (C=O) groups excluding carboxylic acids is 1. The van der Waals surface area contributed by atoms with Crippen molar-refractivity contribution in [2.75, 3.05) is 0 Å². The van der Waals surface area contributed by atoms with Gasteiger partial charge in [0.25, 0.3) is 0 Å². The predicted molar refractivity (Wildman–Crippen MR) is 60.7 cm³/mol. The maximum atomic E-state index is 11.6. The second-order valence-corrected chi connectivity index (χ2v) is 4.34. The van der Waals surface area contributed by atoms with Crippen LogP contribution in [0.3, 0.4) is 0 Å². The molecule has 88 valence electrons. The van der Waals surface area contributed by atoms with Crippen LogP contribution in [0.15, 0.2) is 12.4 Å². The summed E-state index contributed by atoms with van der Waals surface area (Å²) < 4.78 is 1.94. The van der Waals surface area contributed by atoms with Crippen LogP contribution in [0.1, 0.15) is 25.6 Å². The average molecular weight is 222 g/mol. The third-order valence-corrected chi connectivity index (χ3v) is 2.80. The van der Waals surface area contributed by atoms with E-state index in [4.69, 9.17) is 0 Å². The van der Waals surface area contributed by atoms with Crippen molar-refractivity contribution >= 4 is 5.91 Å². The fourth-order valence-electron chi connectivity index (χ4n) is 1.46. The highest BCUT2D eigenvalue weighted by Gasteiger charge is 2.25. The third kappa shape index (κ3) is 2.82. The fourth-order valence-corrected chi connectivity index (χ4v) is 1.46. The maximum Gasteiger partial charge on any atom is 0.237 e. The van der Waals surface area contributed by atoms with E-state index in [1.54, 1.807) is 6.20 Å². The summed E-state index contributed by atoms with van der Waals surface area (Å²) in [5, 5.41) is 6.13. The van der Waals surface area contributed by atoms with Crippen LogP contribution in [0.25, 0.3) is 0 Å². The Kier molecular flexibility index (Phi) is 3.24. The number of hydrogen-bond acceptors (Lipinski definition) is 3. The summed E-state index contributed by atoms with van der Waals surface area (Å²) in [5.74, 6) is 1.02. The first-order chi connectivity index (χ1) is 7.66. The smallest absolute Gasteiger partial charge is 0.237 e. The van der Waals surface area contributed by atoms with Gasteiger partial charge < -0.3 is 9.88 Å². The molecule has 0 aliphatic heterocycles. The van der Waals surface area contributed by atoms with Crippen LogP contribution in [-0.4, -0.2) is 27.5 Å². The molecule has 2 N–H and O–H groups in total. The number of aryl methyl sites for hydroxylation is 1. The van der Waals surface area contributed by atoms with Gasteiger partial charge in [-0.25, -0.2) is 4.98 Å². The van der Waals surface area contributed by atoms with Gasteiger partial charge in [0, 0.05) is 25.5 Å². The Labute approximate surface area is 95.2 Å². The van der Waals surface area contributed by atoms with Crippen LogP contribution in [-0.2, 0) is 18.4 Å². The van der Waals surface area contributed by atoms with Crippen LogP contribution in [0.5, 0.6) is 0 Å². The van der Waals surface area contributed by atoms with E-state index in [0.29, 0.717) is 12.6 Å². The van der Waals surface area contributed by atoms with Gasteiger partial charge in [0.1, 0.15) is 5.82 Å². The molecule has 0 radical (unpaired) electrons. The van der Waals surface area contributed by atoms with E-state index in [0.717, 1.165) is 18.7 Å². The Morgan fingerprint density at radius 1 is 1.69 bits per heavy atom. The molecule has 0 spiro atoms. The molecule has 0 bridgehead atoms. The van der Waals surface area contributed by atoms with Gasteiger partial charge in [-0.05, 0) is 19.8 Å². The van der Waals surface area contributed by atoms with Gasteiger partial charge in [0.15, 0.2) is 0 Å². The van der Waals surface area contributed by atoms with Crippen LogP contribution in [0, 0.1) is 0 Å². The molecule has 1 aliphatic carbocycles. The zero-order valence-corrected chi connectivity index (χ0v) is 9.73. The van der Waals surface area contributed by atoms with Gasteiger partial charge >= 0.3 is 0 Å². The standard InChI is InChI=1S/C11H18N4O/c1-8(11(16)14-9-3-4-9)13-7-10-12-5-6-15(10)2/h5-6,8-9,13H,3-4,7H2,1-2H3,(H,14,16). The van der Waals surface area contributed by atoms with Crippen LogP contribution in [0.2, 0.25) is 0 Å². The lowest BCUT2D eigenvalue weighted by Crippen LogP contribution is -2.42. The first-order valence-electron chi connectivity index (χ1n) is 5.67. The lowest BCUT2D eigenvalue weighted by molar-refractivity contribution is -0.122. The van der Waals surface area contributed by atoms with E-state index in [9.17, 15) is 4.79 Å². The Morgan fingerprint density at radius 2 is 2.44 bits per heavy atom. The topological polar surface area (TPSA) is 59.0 Å². The average Bonchev–Trinajstić information content (AvgIpc) is 2.97. The summed E-state index contributed by atoms with van der Waals surface area (Å²) in [6.07, 6.45) is 5.90. The minimum absolute atomic E-state index is 0.0803. The molecule has 1 heterocycles. The van der Waals surface area contributed by atoms with Gasteiger partial charge in [-0.15, -0.1) is 0 Å². The van der Waals surface area contributed by atoms with Gasteiger partial charge in [-0.1, -0.05) is 0 Å². The summed E-state index contributed by atoms with van der Waals surface area (Å²) in [6, 6.07) is 0.252. The molecule has 1 atom stereocenters. The molecule has 16 heavy (non-hydrogen) atoms. The lowest BCUT2D eigenvalue weighted by atomic mass is 10.3. The van der Waals surface area contributed by atoms with Gasteiger partial charge in [0.2, 0.25) is 5.91 Å². The van der Waals surface area contributed by atoms with Gasteiger partial charge in [-0.3, -0.25) is 10.1 Å². The van der Waals surface area contributed by atoms with Gasteiger partial charge in [0.05, 0.1) is 12.6 Å². The first kappa shape index (κ1) is 11.1. The number of amides is 1. The Hall–Kier alpha value is -1.36. The molecule has 2 rings (SSSR count). The number of nitrogens with zero attached hydrogens (tertiary/aromatic N) is 2. The molecule has 1 saturated carbocycles.